The Morgan fingerprint density at radius 1 is 1.38 bits per heavy atom. The molecule has 0 aromatic heterocycles. The minimum atomic E-state index is -0.833. The van der Waals surface area contributed by atoms with Gasteiger partial charge in [0.05, 0.1) is 5.41 Å². The molecule has 0 aromatic rings. The van der Waals surface area contributed by atoms with E-state index in [1.54, 1.807) is 18.9 Å². The molecule has 1 saturated carbocycles. The van der Waals surface area contributed by atoms with Crippen LogP contribution in [-0.4, -0.2) is 66.2 Å². The number of hydrogen-bond acceptors (Lipinski definition) is 3. The average molecular weight is 297 g/mol. The summed E-state index contributed by atoms with van der Waals surface area (Å²) in [6.45, 7) is 3.51. The Morgan fingerprint density at radius 2 is 2.10 bits per heavy atom. The quantitative estimate of drug-likeness (QED) is 0.822. The molecule has 21 heavy (non-hydrogen) atoms. The SMILES string of the molecule is CN(CC1CCCN1C)C(=O)NC1CCCC1(C)C(=O)O. The summed E-state index contributed by atoms with van der Waals surface area (Å²) in [5.41, 5.74) is -0.833. The predicted molar refractivity (Wildman–Crippen MR) is 80.2 cm³/mol. The summed E-state index contributed by atoms with van der Waals surface area (Å²) in [4.78, 5) is 27.7. The van der Waals surface area contributed by atoms with Gasteiger partial charge in [-0.25, -0.2) is 4.79 Å². The van der Waals surface area contributed by atoms with E-state index in [-0.39, 0.29) is 12.1 Å². The summed E-state index contributed by atoms with van der Waals surface area (Å²) >= 11 is 0. The van der Waals surface area contributed by atoms with E-state index in [0.717, 1.165) is 25.8 Å². The molecule has 1 aliphatic carbocycles. The standard InChI is InChI=1S/C15H27N3O3/c1-15(13(19)20)8-4-7-12(15)16-14(21)18(3)10-11-6-5-9-17(11)2/h11-12H,4-10H2,1-3H3,(H,16,21)(H,19,20). The van der Waals surface area contributed by atoms with Gasteiger partial charge < -0.3 is 20.2 Å². The van der Waals surface area contributed by atoms with Gasteiger partial charge in [0, 0.05) is 25.7 Å². The first-order valence-electron chi connectivity index (χ1n) is 7.80. The Hall–Kier alpha value is -1.30. The lowest BCUT2D eigenvalue weighted by atomic mass is 9.85. The Morgan fingerprint density at radius 3 is 2.67 bits per heavy atom. The Bertz CT molecular complexity index is 415. The number of carboxylic acid groups (broad SMARTS) is 1. The van der Waals surface area contributed by atoms with E-state index in [9.17, 15) is 14.7 Å². The molecule has 2 amide bonds. The van der Waals surface area contributed by atoms with Gasteiger partial charge in [-0.05, 0) is 46.2 Å². The molecule has 0 bridgehead atoms. The van der Waals surface area contributed by atoms with E-state index < -0.39 is 11.4 Å². The van der Waals surface area contributed by atoms with Gasteiger partial charge in [0.2, 0.25) is 0 Å². The van der Waals surface area contributed by atoms with Crippen LogP contribution in [0.2, 0.25) is 0 Å². The van der Waals surface area contributed by atoms with Crippen molar-refractivity contribution in [3.8, 4) is 0 Å². The van der Waals surface area contributed by atoms with Crippen LogP contribution in [0.15, 0.2) is 0 Å². The van der Waals surface area contributed by atoms with E-state index in [1.165, 1.54) is 6.42 Å². The number of rotatable bonds is 4. The first-order chi connectivity index (χ1) is 9.84. The molecule has 3 unspecified atom stereocenters. The number of carbonyl (C=O) groups is 2. The molecule has 2 N–H and O–H groups in total. The average Bonchev–Trinajstić information content (AvgIpc) is 2.98. The highest BCUT2D eigenvalue weighted by atomic mass is 16.4. The molecule has 0 spiro atoms. The molecule has 120 valence electrons. The minimum absolute atomic E-state index is 0.158. The maximum Gasteiger partial charge on any atom is 0.317 e. The van der Waals surface area contributed by atoms with Crippen LogP contribution in [0.3, 0.4) is 0 Å². The van der Waals surface area contributed by atoms with Gasteiger partial charge in [0.25, 0.3) is 0 Å². The molecule has 3 atom stereocenters. The van der Waals surface area contributed by atoms with Crippen LogP contribution >= 0.6 is 0 Å². The zero-order valence-corrected chi connectivity index (χ0v) is 13.3. The predicted octanol–water partition coefficient (Wildman–Crippen LogP) is 1.37. The Labute approximate surface area is 126 Å². The third-order valence-corrected chi connectivity index (χ3v) is 5.25. The van der Waals surface area contributed by atoms with Crippen molar-refractivity contribution in [1.82, 2.24) is 15.1 Å². The van der Waals surface area contributed by atoms with Crippen molar-refractivity contribution in [2.24, 2.45) is 5.41 Å². The van der Waals surface area contributed by atoms with Crippen molar-refractivity contribution >= 4 is 12.0 Å². The van der Waals surface area contributed by atoms with Crippen LogP contribution in [0.5, 0.6) is 0 Å². The van der Waals surface area contributed by atoms with Crippen LogP contribution in [0, 0.1) is 5.41 Å². The number of likely N-dealkylation sites (tertiary alicyclic amines) is 1. The van der Waals surface area contributed by atoms with Crippen molar-refractivity contribution < 1.29 is 14.7 Å². The van der Waals surface area contributed by atoms with Crippen LogP contribution in [0.1, 0.15) is 39.0 Å². The van der Waals surface area contributed by atoms with Crippen molar-refractivity contribution in [3.05, 3.63) is 0 Å². The highest BCUT2D eigenvalue weighted by Gasteiger charge is 2.46. The molecule has 0 aromatic carbocycles. The van der Waals surface area contributed by atoms with Crippen molar-refractivity contribution in [2.75, 3.05) is 27.2 Å². The second-order valence-electron chi connectivity index (χ2n) is 6.77. The number of nitrogens with one attached hydrogen (secondary N) is 1. The lowest BCUT2D eigenvalue weighted by Gasteiger charge is -2.31. The summed E-state index contributed by atoms with van der Waals surface area (Å²) in [7, 11) is 3.87. The molecule has 2 aliphatic rings. The fourth-order valence-corrected chi connectivity index (χ4v) is 3.52. The molecule has 1 aliphatic heterocycles. The van der Waals surface area contributed by atoms with Gasteiger partial charge in [0.15, 0.2) is 0 Å². The largest absolute Gasteiger partial charge is 0.481 e. The monoisotopic (exact) mass is 297 g/mol. The lowest BCUT2D eigenvalue weighted by molar-refractivity contribution is -0.148. The van der Waals surface area contributed by atoms with E-state index in [2.05, 4.69) is 17.3 Å². The number of aliphatic carboxylic acids is 1. The molecule has 2 rings (SSSR count). The van der Waals surface area contributed by atoms with Crippen molar-refractivity contribution in [1.29, 1.82) is 0 Å². The number of hydrogen-bond donors (Lipinski definition) is 2. The van der Waals surface area contributed by atoms with Gasteiger partial charge in [0.1, 0.15) is 0 Å². The molecule has 6 nitrogen and oxygen atoms in total. The fraction of sp³-hybridized carbons (Fsp3) is 0.867. The van der Waals surface area contributed by atoms with Crippen molar-refractivity contribution in [3.63, 3.8) is 0 Å². The summed E-state index contributed by atoms with van der Waals surface area (Å²) in [5, 5.41) is 12.3. The zero-order valence-electron chi connectivity index (χ0n) is 13.3. The summed E-state index contributed by atoms with van der Waals surface area (Å²) < 4.78 is 0. The summed E-state index contributed by atoms with van der Waals surface area (Å²) in [5.74, 6) is -0.816. The normalized spacial score (nSPS) is 33.1. The third-order valence-electron chi connectivity index (χ3n) is 5.25. The first-order valence-corrected chi connectivity index (χ1v) is 7.80. The second-order valence-corrected chi connectivity index (χ2v) is 6.77. The van der Waals surface area contributed by atoms with Gasteiger partial charge in [-0.1, -0.05) is 6.42 Å². The van der Waals surface area contributed by atoms with E-state index >= 15 is 0 Å². The number of amides is 2. The number of urea groups is 1. The van der Waals surface area contributed by atoms with E-state index in [0.29, 0.717) is 19.0 Å². The molecular weight excluding hydrogens is 270 g/mol. The van der Waals surface area contributed by atoms with Gasteiger partial charge in [-0.3, -0.25) is 4.79 Å². The molecule has 1 saturated heterocycles. The number of carbonyl (C=O) groups excluding carboxylic acids is 1. The maximum atomic E-state index is 12.3. The van der Waals surface area contributed by atoms with Crippen LogP contribution in [0.4, 0.5) is 4.79 Å². The van der Waals surface area contributed by atoms with Gasteiger partial charge in [-0.15, -0.1) is 0 Å². The molecule has 2 fully saturated rings. The van der Waals surface area contributed by atoms with Crippen LogP contribution < -0.4 is 5.32 Å². The second kappa shape index (κ2) is 6.22. The van der Waals surface area contributed by atoms with Gasteiger partial charge >= 0.3 is 12.0 Å². The Kier molecular flexibility index (Phi) is 4.76. The molecule has 0 radical (unpaired) electrons. The number of likely N-dealkylation sites (N-methyl/N-ethyl adjacent to an activating group) is 2. The maximum absolute atomic E-state index is 12.3. The molecule has 6 heteroatoms. The lowest BCUT2D eigenvalue weighted by Crippen LogP contribution is -2.52. The van der Waals surface area contributed by atoms with Gasteiger partial charge in [-0.2, -0.15) is 0 Å². The highest BCUT2D eigenvalue weighted by Crippen LogP contribution is 2.38. The zero-order chi connectivity index (χ0) is 15.6. The minimum Gasteiger partial charge on any atom is -0.481 e. The van der Waals surface area contributed by atoms with E-state index in [4.69, 9.17) is 0 Å². The van der Waals surface area contributed by atoms with Crippen LogP contribution in [-0.2, 0) is 4.79 Å². The summed E-state index contributed by atoms with van der Waals surface area (Å²) in [6.07, 6.45) is 4.51. The fourth-order valence-electron chi connectivity index (χ4n) is 3.52. The van der Waals surface area contributed by atoms with E-state index in [1.807, 2.05) is 0 Å². The number of nitrogens with zero attached hydrogens (tertiary/aromatic N) is 2. The van der Waals surface area contributed by atoms with Crippen LogP contribution in [0.25, 0.3) is 0 Å². The number of carboxylic acids is 1. The molecular formula is C15H27N3O3. The highest BCUT2D eigenvalue weighted by molar-refractivity contribution is 5.79. The Balaban J connectivity index is 1.90. The third kappa shape index (κ3) is 3.31. The molecule has 1 heterocycles. The summed E-state index contributed by atoms with van der Waals surface area (Å²) in [6, 6.07) is -0.0175. The topological polar surface area (TPSA) is 72.9 Å². The smallest absolute Gasteiger partial charge is 0.317 e. The first kappa shape index (κ1) is 16.1. The van der Waals surface area contributed by atoms with Crippen molar-refractivity contribution in [2.45, 2.75) is 51.1 Å².